The SMILES string of the molecule is C[C@@H](C(=O)O)N(CC#Cc1ccccc1)OC(=O)C(C)(C)C. The van der Waals surface area contributed by atoms with Gasteiger partial charge in [-0.1, -0.05) is 30.0 Å². The number of aliphatic carboxylic acids is 1. The van der Waals surface area contributed by atoms with Crippen molar-refractivity contribution >= 4 is 11.9 Å². The summed E-state index contributed by atoms with van der Waals surface area (Å²) in [5.41, 5.74) is 0.0937. The first-order valence-electron chi connectivity index (χ1n) is 6.97. The molecule has 118 valence electrons. The Bertz CT molecular complexity index is 578. The number of carboxylic acids is 1. The zero-order chi connectivity index (χ0) is 16.8. The van der Waals surface area contributed by atoms with E-state index in [9.17, 15) is 9.59 Å². The van der Waals surface area contributed by atoms with E-state index >= 15 is 0 Å². The molecular formula is C17H21NO4. The van der Waals surface area contributed by atoms with Crippen molar-refractivity contribution in [2.45, 2.75) is 33.7 Å². The maximum atomic E-state index is 11.9. The molecule has 1 atom stereocenters. The Balaban J connectivity index is 2.81. The molecule has 0 aliphatic heterocycles. The van der Waals surface area contributed by atoms with Gasteiger partial charge in [-0.15, -0.1) is 5.06 Å². The summed E-state index contributed by atoms with van der Waals surface area (Å²) in [7, 11) is 0. The van der Waals surface area contributed by atoms with E-state index in [2.05, 4.69) is 11.8 Å². The molecule has 1 aromatic rings. The zero-order valence-electron chi connectivity index (χ0n) is 13.3. The average molecular weight is 303 g/mol. The van der Waals surface area contributed by atoms with Crippen molar-refractivity contribution < 1.29 is 19.5 Å². The number of hydrogen-bond donors (Lipinski definition) is 1. The summed E-state index contributed by atoms with van der Waals surface area (Å²) >= 11 is 0. The van der Waals surface area contributed by atoms with E-state index in [1.165, 1.54) is 6.92 Å². The fraction of sp³-hybridized carbons (Fsp3) is 0.412. The summed E-state index contributed by atoms with van der Waals surface area (Å²) in [4.78, 5) is 28.2. The standard InChI is InChI=1S/C17H21NO4/c1-13(15(19)20)18(22-16(21)17(2,3)4)12-8-11-14-9-6-5-7-10-14/h5-7,9-10,13H,12H2,1-4H3,(H,19,20)/t13-/m0/s1. The van der Waals surface area contributed by atoms with Crippen LogP contribution in [0.25, 0.3) is 0 Å². The van der Waals surface area contributed by atoms with Crippen LogP contribution < -0.4 is 0 Å². The molecule has 0 heterocycles. The third-order valence-electron chi connectivity index (χ3n) is 2.84. The Hall–Kier alpha value is -2.32. The Morgan fingerprint density at radius 1 is 1.27 bits per heavy atom. The smallest absolute Gasteiger partial charge is 0.330 e. The highest BCUT2D eigenvalue weighted by molar-refractivity contribution is 5.76. The monoisotopic (exact) mass is 303 g/mol. The van der Waals surface area contributed by atoms with Gasteiger partial charge in [0.1, 0.15) is 6.04 Å². The molecule has 0 bridgehead atoms. The quantitative estimate of drug-likeness (QED) is 0.683. The van der Waals surface area contributed by atoms with E-state index in [4.69, 9.17) is 9.94 Å². The van der Waals surface area contributed by atoms with Gasteiger partial charge in [-0.2, -0.15) is 0 Å². The van der Waals surface area contributed by atoms with Crippen LogP contribution in [0.15, 0.2) is 30.3 Å². The van der Waals surface area contributed by atoms with Gasteiger partial charge < -0.3 is 9.94 Å². The van der Waals surface area contributed by atoms with E-state index in [0.717, 1.165) is 10.6 Å². The Morgan fingerprint density at radius 3 is 2.36 bits per heavy atom. The van der Waals surface area contributed by atoms with Gasteiger partial charge in [-0.3, -0.25) is 4.79 Å². The fourth-order valence-corrected chi connectivity index (χ4v) is 1.36. The lowest BCUT2D eigenvalue weighted by molar-refractivity contribution is -0.209. The number of benzene rings is 1. The summed E-state index contributed by atoms with van der Waals surface area (Å²) < 4.78 is 0. The predicted octanol–water partition coefficient (Wildman–Crippen LogP) is 2.32. The van der Waals surface area contributed by atoms with Crippen molar-refractivity contribution in [3.8, 4) is 11.8 Å². The molecule has 0 saturated carbocycles. The third-order valence-corrected chi connectivity index (χ3v) is 2.84. The second kappa shape index (κ2) is 7.62. The Labute approximate surface area is 130 Å². The number of carboxylic acid groups (broad SMARTS) is 1. The van der Waals surface area contributed by atoms with Crippen molar-refractivity contribution in [3.63, 3.8) is 0 Å². The van der Waals surface area contributed by atoms with Crippen molar-refractivity contribution in [2.75, 3.05) is 6.54 Å². The topological polar surface area (TPSA) is 66.8 Å². The second-order valence-electron chi connectivity index (χ2n) is 5.89. The number of nitrogens with zero attached hydrogens (tertiary/aromatic N) is 1. The second-order valence-corrected chi connectivity index (χ2v) is 5.89. The number of rotatable bonds is 4. The average Bonchev–Trinajstić information content (AvgIpc) is 2.45. The molecule has 0 amide bonds. The van der Waals surface area contributed by atoms with Gasteiger partial charge in [-0.25, -0.2) is 4.79 Å². The first kappa shape index (κ1) is 17.7. The number of carbonyl (C=O) groups excluding carboxylic acids is 1. The number of hydrogen-bond acceptors (Lipinski definition) is 4. The Morgan fingerprint density at radius 2 is 1.86 bits per heavy atom. The summed E-state index contributed by atoms with van der Waals surface area (Å²) in [5.74, 6) is 4.16. The molecule has 1 aromatic carbocycles. The highest BCUT2D eigenvalue weighted by atomic mass is 16.7. The molecule has 0 aromatic heterocycles. The maximum absolute atomic E-state index is 11.9. The van der Waals surface area contributed by atoms with Crippen LogP contribution in [0.2, 0.25) is 0 Å². The summed E-state index contributed by atoms with van der Waals surface area (Å²) in [5, 5.41) is 10.2. The molecule has 0 aliphatic carbocycles. The minimum Gasteiger partial charge on any atom is -0.480 e. The van der Waals surface area contributed by atoms with Crippen LogP contribution in [0, 0.1) is 17.3 Å². The minimum atomic E-state index is -1.08. The van der Waals surface area contributed by atoms with Crippen LogP contribution in [0.3, 0.4) is 0 Å². The van der Waals surface area contributed by atoms with Crippen LogP contribution in [0.5, 0.6) is 0 Å². The van der Waals surface area contributed by atoms with Crippen LogP contribution in [-0.4, -0.2) is 34.7 Å². The lowest BCUT2D eigenvalue weighted by Crippen LogP contribution is -2.43. The molecule has 0 radical (unpaired) electrons. The summed E-state index contributed by atoms with van der Waals surface area (Å²) in [6.45, 7) is 6.57. The van der Waals surface area contributed by atoms with Crippen LogP contribution in [-0.2, 0) is 14.4 Å². The van der Waals surface area contributed by atoms with Gasteiger partial charge >= 0.3 is 11.9 Å². The minimum absolute atomic E-state index is 0.0180. The summed E-state index contributed by atoms with van der Waals surface area (Å²) in [6.07, 6.45) is 0. The van der Waals surface area contributed by atoms with Gasteiger partial charge in [0, 0.05) is 5.56 Å². The van der Waals surface area contributed by atoms with Crippen LogP contribution in [0.1, 0.15) is 33.3 Å². The lowest BCUT2D eigenvalue weighted by atomic mass is 9.98. The van der Waals surface area contributed by atoms with Gasteiger partial charge in [0.05, 0.1) is 12.0 Å². The first-order chi connectivity index (χ1) is 10.2. The van der Waals surface area contributed by atoms with Crippen LogP contribution >= 0.6 is 0 Å². The van der Waals surface area contributed by atoms with Crippen molar-refractivity contribution in [1.29, 1.82) is 0 Å². The first-order valence-corrected chi connectivity index (χ1v) is 6.97. The van der Waals surface area contributed by atoms with Gasteiger partial charge in [-0.05, 0) is 39.8 Å². The van der Waals surface area contributed by atoms with Crippen molar-refractivity contribution in [2.24, 2.45) is 5.41 Å². The normalized spacial score (nSPS) is 12.2. The number of hydroxylamine groups is 2. The van der Waals surface area contributed by atoms with E-state index in [1.54, 1.807) is 20.8 Å². The molecule has 5 heteroatoms. The van der Waals surface area contributed by atoms with Crippen molar-refractivity contribution in [3.05, 3.63) is 35.9 Å². The van der Waals surface area contributed by atoms with Crippen molar-refractivity contribution in [1.82, 2.24) is 5.06 Å². The fourth-order valence-electron chi connectivity index (χ4n) is 1.36. The highest BCUT2D eigenvalue weighted by Crippen LogP contribution is 2.17. The van der Waals surface area contributed by atoms with E-state index in [1.807, 2.05) is 30.3 Å². The molecule has 1 N–H and O–H groups in total. The molecule has 0 aliphatic rings. The molecule has 0 spiro atoms. The van der Waals surface area contributed by atoms with E-state index < -0.39 is 23.4 Å². The molecule has 1 rings (SSSR count). The molecule has 0 fully saturated rings. The summed E-state index contributed by atoms with van der Waals surface area (Å²) in [6, 6.07) is 8.33. The van der Waals surface area contributed by atoms with Gasteiger partial charge in [0.15, 0.2) is 0 Å². The van der Waals surface area contributed by atoms with E-state index in [0.29, 0.717) is 0 Å². The lowest BCUT2D eigenvalue weighted by Gasteiger charge is -2.26. The molecule has 5 nitrogen and oxygen atoms in total. The Kier molecular flexibility index (Phi) is 6.14. The highest BCUT2D eigenvalue weighted by Gasteiger charge is 2.30. The third kappa shape index (κ3) is 5.58. The van der Waals surface area contributed by atoms with Gasteiger partial charge in [0.25, 0.3) is 0 Å². The predicted molar refractivity (Wildman–Crippen MR) is 82.7 cm³/mol. The van der Waals surface area contributed by atoms with Gasteiger partial charge in [0.2, 0.25) is 0 Å². The molecule has 0 saturated heterocycles. The van der Waals surface area contributed by atoms with Crippen LogP contribution in [0.4, 0.5) is 0 Å². The molecule has 0 unspecified atom stereocenters. The maximum Gasteiger partial charge on any atom is 0.330 e. The van der Waals surface area contributed by atoms with E-state index in [-0.39, 0.29) is 6.54 Å². The zero-order valence-corrected chi connectivity index (χ0v) is 13.3. The molecule has 22 heavy (non-hydrogen) atoms. The number of carbonyl (C=O) groups is 2. The molecular weight excluding hydrogens is 282 g/mol. The largest absolute Gasteiger partial charge is 0.480 e.